The van der Waals surface area contributed by atoms with Crippen molar-refractivity contribution in [1.29, 1.82) is 0 Å². The Morgan fingerprint density at radius 3 is 2.14 bits per heavy atom. The van der Waals surface area contributed by atoms with Crippen molar-refractivity contribution in [2.24, 2.45) is 5.73 Å². The molecule has 10 heteroatoms. The number of phenolic OH excluding ortho intramolecular Hbond substituents is 1. The zero-order chi connectivity index (χ0) is 36.7. The van der Waals surface area contributed by atoms with E-state index in [1.54, 1.807) is 18.3 Å². The minimum atomic E-state index is -0.0334. The molecule has 1 heterocycles. The summed E-state index contributed by atoms with van der Waals surface area (Å²) in [5.74, 6) is 0.329. The summed E-state index contributed by atoms with van der Waals surface area (Å²) in [7, 11) is 2.08. The first-order valence-electron chi connectivity index (χ1n) is 16.7. The smallest absolute Gasteiger partial charge is 0.204 e. The molecule has 0 aliphatic heterocycles. The molecule has 3 aromatic carbocycles. The second-order valence-electron chi connectivity index (χ2n) is 10.9. The van der Waals surface area contributed by atoms with E-state index in [1.807, 2.05) is 54.4 Å². The third kappa shape index (κ3) is 20.9. The predicted octanol–water partition coefficient (Wildman–Crippen LogP) is 6.15. The normalized spacial score (nSPS) is 10.3. The van der Waals surface area contributed by atoms with Gasteiger partial charge in [0.25, 0.3) is 0 Å². The van der Waals surface area contributed by atoms with Crippen molar-refractivity contribution in [2.75, 3.05) is 33.2 Å². The van der Waals surface area contributed by atoms with Gasteiger partial charge >= 0.3 is 0 Å². The van der Waals surface area contributed by atoms with Gasteiger partial charge in [-0.3, -0.25) is 20.1 Å². The summed E-state index contributed by atoms with van der Waals surface area (Å²) in [5, 5.41) is 23.7. The summed E-state index contributed by atoms with van der Waals surface area (Å²) < 4.78 is 0. The van der Waals surface area contributed by atoms with Gasteiger partial charge in [-0.15, -0.1) is 6.58 Å². The molecule has 0 saturated heterocycles. The number of nitrogens with one attached hydrogen (secondary N) is 3. The van der Waals surface area contributed by atoms with Crippen LogP contribution in [-0.4, -0.2) is 77.2 Å². The number of phenols is 1. The highest BCUT2D eigenvalue weighted by Gasteiger charge is 2.17. The minimum Gasteiger partial charge on any atom is -0.508 e. The average molecular weight is 674 g/mol. The van der Waals surface area contributed by atoms with E-state index in [1.165, 1.54) is 29.5 Å². The first-order valence-corrected chi connectivity index (χ1v) is 16.7. The minimum absolute atomic E-state index is 0.0334. The maximum atomic E-state index is 11.1. The van der Waals surface area contributed by atoms with E-state index in [4.69, 9.17) is 9.90 Å². The number of benzene rings is 3. The Morgan fingerprint density at radius 2 is 1.63 bits per heavy atom. The van der Waals surface area contributed by atoms with E-state index in [0.29, 0.717) is 12.3 Å². The van der Waals surface area contributed by atoms with Crippen molar-refractivity contribution < 1.29 is 14.7 Å². The van der Waals surface area contributed by atoms with Crippen LogP contribution < -0.4 is 16.4 Å². The number of carbonyl (C=O) groups is 2. The Hall–Kier alpha value is -4.77. The van der Waals surface area contributed by atoms with E-state index >= 15 is 0 Å². The highest BCUT2D eigenvalue weighted by atomic mass is 16.3. The second-order valence-corrected chi connectivity index (χ2v) is 10.9. The fraction of sp³-hybridized carbons (Fsp3) is 0.359. The molecule has 4 aromatic rings. The van der Waals surface area contributed by atoms with Gasteiger partial charge in [-0.2, -0.15) is 5.10 Å². The Balaban J connectivity index is 0.000000888. The number of nitrogens with two attached hydrogens (primary N) is 1. The molecule has 0 aliphatic carbocycles. The number of aryl methyl sites for hydroxylation is 1. The monoisotopic (exact) mass is 673 g/mol. The van der Waals surface area contributed by atoms with Crippen LogP contribution in [0.2, 0.25) is 0 Å². The molecule has 1 aromatic heterocycles. The van der Waals surface area contributed by atoms with Gasteiger partial charge in [-0.25, -0.2) is 0 Å². The van der Waals surface area contributed by atoms with Gasteiger partial charge in [0.1, 0.15) is 12.0 Å². The lowest BCUT2D eigenvalue weighted by atomic mass is 10.1. The van der Waals surface area contributed by atoms with Crippen molar-refractivity contribution in [3.05, 3.63) is 121 Å². The molecular weight excluding hydrogens is 614 g/mol. The fourth-order valence-electron chi connectivity index (χ4n) is 4.14. The Bertz CT molecular complexity index is 1370. The average Bonchev–Trinajstić information content (AvgIpc) is 3.61. The van der Waals surface area contributed by atoms with E-state index in [-0.39, 0.29) is 12.6 Å². The number of aromatic nitrogens is 2. The van der Waals surface area contributed by atoms with E-state index in [0.717, 1.165) is 49.9 Å². The van der Waals surface area contributed by atoms with Gasteiger partial charge in [0.2, 0.25) is 6.41 Å². The summed E-state index contributed by atoms with van der Waals surface area (Å²) in [6, 6.07) is 23.5. The standard InChI is InChI=1S/C22H27N5O.C7H8O.C5H11N.C4H10.CH3NO/c1-3-27(12-13-28)21(23-14-18-8-5-4-6-9-18)17-26(2)16-20-11-7-10-19-15-24-25-22(19)20;1-6-2-4-7(8)5-3-6;1-3-5-6-4-2;1-3-4-2;2-1-3/h3-11,13,15,21,23H,1,12,14,16-17H2,2H3,(H,24,25);2-5,8H,1H3;3,6H,1,4-5H2,2H3;3-4H2,1-2H3;1H,(H2,2,3). The third-order valence-corrected chi connectivity index (χ3v) is 6.87. The van der Waals surface area contributed by atoms with Crippen LogP contribution in [-0.2, 0) is 22.7 Å². The van der Waals surface area contributed by atoms with Crippen molar-refractivity contribution in [3.8, 4) is 5.75 Å². The van der Waals surface area contributed by atoms with Gasteiger partial charge in [0.15, 0.2) is 0 Å². The highest BCUT2D eigenvalue weighted by Crippen LogP contribution is 2.17. The van der Waals surface area contributed by atoms with Crippen LogP contribution in [0.5, 0.6) is 5.75 Å². The highest BCUT2D eigenvalue weighted by molar-refractivity contribution is 5.81. The number of unbranched alkanes of at least 4 members (excludes halogenated alkanes) is 1. The zero-order valence-electron chi connectivity index (χ0n) is 30.1. The second kappa shape index (κ2) is 29.4. The Morgan fingerprint density at radius 1 is 0.980 bits per heavy atom. The number of aromatic amines is 1. The number of H-pyrrole nitrogens is 1. The number of carbonyl (C=O) groups excluding carboxylic acids is 2. The van der Waals surface area contributed by atoms with Gasteiger partial charge in [-0.1, -0.05) is 112 Å². The molecule has 6 N–H and O–H groups in total. The van der Waals surface area contributed by atoms with Gasteiger partial charge in [0.05, 0.1) is 24.4 Å². The van der Waals surface area contributed by atoms with Crippen LogP contribution in [0.3, 0.4) is 0 Å². The number of aldehydes is 1. The summed E-state index contributed by atoms with van der Waals surface area (Å²) in [5.41, 5.74) is 8.80. The molecule has 268 valence electrons. The van der Waals surface area contributed by atoms with Crippen molar-refractivity contribution in [2.45, 2.75) is 59.8 Å². The molecule has 4 rings (SSSR count). The maximum absolute atomic E-state index is 11.1. The molecule has 0 bridgehead atoms. The van der Waals surface area contributed by atoms with Crippen molar-refractivity contribution >= 4 is 23.6 Å². The lowest BCUT2D eigenvalue weighted by Crippen LogP contribution is -2.49. The largest absolute Gasteiger partial charge is 0.508 e. The van der Waals surface area contributed by atoms with Crippen LogP contribution in [0.25, 0.3) is 10.9 Å². The van der Waals surface area contributed by atoms with Gasteiger partial charge < -0.3 is 25.9 Å². The Kier molecular flexibility index (Phi) is 26.5. The SMILES string of the molecule is C=CCNCC.C=CN(CC=O)C(CN(C)Cc1cccc2cn[nH]c12)NCc1ccccc1.CCCC.Cc1ccc(O)cc1.NC=O. The fourth-order valence-corrected chi connectivity index (χ4v) is 4.14. The van der Waals surface area contributed by atoms with Crippen LogP contribution >= 0.6 is 0 Å². The number of fused-ring (bicyclic) bond motifs is 1. The van der Waals surface area contributed by atoms with Crippen molar-refractivity contribution in [3.63, 3.8) is 0 Å². The molecule has 0 aliphatic rings. The molecule has 10 nitrogen and oxygen atoms in total. The van der Waals surface area contributed by atoms with Crippen LogP contribution in [0.15, 0.2) is 104 Å². The number of para-hydroxylation sites is 1. The number of aromatic hydroxyl groups is 1. The van der Waals surface area contributed by atoms with E-state index in [2.05, 4.69) is 103 Å². The number of likely N-dealkylation sites (N-methyl/N-ethyl adjacent to an activating group) is 2. The van der Waals surface area contributed by atoms with Gasteiger partial charge in [-0.05, 0) is 50.0 Å². The summed E-state index contributed by atoms with van der Waals surface area (Å²) in [6.45, 7) is 20.3. The number of primary amides is 1. The summed E-state index contributed by atoms with van der Waals surface area (Å²) >= 11 is 0. The zero-order valence-corrected chi connectivity index (χ0v) is 30.1. The lowest BCUT2D eigenvalue weighted by molar-refractivity contribution is -0.109. The molecule has 0 radical (unpaired) electrons. The number of rotatable bonds is 15. The van der Waals surface area contributed by atoms with E-state index in [9.17, 15) is 4.79 Å². The van der Waals surface area contributed by atoms with Crippen LogP contribution in [0.1, 0.15) is 50.3 Å². The topological polar surface area (TPSA) is 140 Å². The molecule has 0 fully saturated rings. The number of hydrogen-bond donors (Lipinski definition) is 5. The molecule has 1 unspecified atom stereocenters. The molecule has 1 atom stereocenters. The first-order chi connectivity index (χ1) is 23.7. The quantitative estimate of drug-likeness (QED) is 0.0439. The van der Waals surface area contributed by atoms with Crippen LogP contribution in [0.4, 0.5) is 0 Å². The maximum Gasteiger partial charge on any atom is 0.204 e. The molecule has 0 saturated carbocycles. The van der Waals surface area contributed by atoms with E-state index < -0.39 is 0 Å². The molecular formula is C39H59N7O3. The lowest BCUT2D eigenvalue weighted by Gasteiger charge is -2.33. The Labute approximate surface area is 294 Å². The number of amides is 1. The van der Waals surface area contributed by atoms with Crippen molar-refractivity contribution in [1.82, 2.24) is 30.6 Å². The molecule has 49 heavy (non-hydrogen) atoms. The van der Waals surface area contributed by atoms with Gasteiger partial charge in [0, 0.05) is 31.6 Å². The third-order valence-electron chi connectivity index (χ3n) is 6.87. The molecule has 0 spiro atoms. The summed E-state index contributed by atoms with van der Waals surface area (Å²) in [6.07, 6.45) is 9.18. The first kappa shape index (κ1) is 44.2. The van der Waals surface area contributed by atoms with Crippen LogP contribution in [0, 0.1) is 6.92 Å². The number of hydrogen-bond acceptors (Lipinski definition) is 8. The predicted molar refractivity (Wildman–Crippen MR) is 205 cm³/mol. The number of nitrogens with zero attached hydrogens (tertiary/aromatic N) is 3. The molecule has 1 amide bonds. The summed E-state index contributed by atoms with van der Waals surface area (Å²) in [4.78, 5) is 23.9.